The van der Waals surface area contributed by atoms with Gasteiger partial charge in [0, 0.05) is 18.6 Å². The van der Waals surface area contributed by atoms with Gasteiger partial charge in [-0.15, -0.1) is 0 Å². The van der Waals surface area contributed by atoms with E-state index in [1.807, 2.05) is 0 Å². The first-order chi connectivity index (χ1) is 9.93. The summed E-state index contributed by atoms with van der Waals surface area (Å²) in [6.45, 7) is 3.68. The molecule has 112 valence electrons. The second kappa shape index (κ2) is 5.78. The number of hydrogen-bond acceptors (Lipinski definition) is 6. The van der Waals surface area contributed by atoms with Crippen LogP contribution < -0.4 is 9.47 Å². The van der Waals surface area contributed by atoms with Crippen LogP contribution >= 0.6 is 0 Å². The van der Waals surface area contributed by atoms with Crippen LogP contribution in [-0.2, 0) is 0 Å². The van der Waals surface area contributed by atoms with Crippen LogP contribution in [0.3, 0.4) is 0 Å². The fraction of sp³-hybridized carbons (Fsp3) is 0.385. The number of allylic oxidation sites excluding steroid dienone is 1. The second-order valence-corrected chi connectivity index (χ2v) is 4.57. The maximum atomic E-state index is 11.1. The molecule has 0 unspecified atom stereocenters. The number of rotatable bonds is 4. The van der Waals surface area contributed by atoms with Crippen LogP contribution in [0.4, 0.5) is 5.69 Å². The van der Waals surface area contributed by atoms with Gasteiger partial charge in [0.1, 0.15) is 18.3 Å². The van der Waals surface area contributed by atoms with E-state index in [1.165, 1.54) is 18.2 Å². The smallest absolute Gasteiger partial charge is 0.280 e. The lowest BCUT2D eigenvalue weighted by Crippen LogP contribution is -2.26. The third-order valence-electron chi connectivity index (χ3n) is 3.03. The Labute approximate surface area is 120 Å². The Kier molecular flexibility index (Phi) is 4.06. The molecule has 1 heterocycles. The molecule has 0 fully saturated rings. The van der Waals surface area contributed by atoms with Crippen LogP contribution in [0.15, 0.2) is 17.8 Å². The molecule has 0 saturated carbocycles. The van der Waals surface area contributed by atoms with Crippen LogP contribution in [0, 0.1) is 20.2 Å². The van der Waals surface area contributed by atoms with Gasteiger partial charge in [-0.25, -0.2) is 0 Å². The van der Waals surface area contributed by atoms with Gasteiger partial charge in [-0.2, -0.15) is 0 Å². The number of nitrogens with zero attached hydrogens (tertiary/aromatic N) is 2. The standard InChI is InChI=1S/C13H14N2O6/c1-3-9(14(16)17)6-10-11(15(18)19)4-5-12-13(10)21-8(2)7-20-12/h4-6,8H,3,7H2,1-2H3/t8-/m1/s1. The summed E-state index contributed by atoms with van der Waals surface area (Å²) in [5, 5.41) is 22.1. The van der Waals surface area contributed by atoms with Crippen molar-refractivity contribution in [2.75, 3.05) is 6.61 Å². The van der Waals surface area contributed by atoms with E-state index >= 15 is 0 Å². The average Bonchev–Trinajstić information content (AvgIpc) is 2.43. The molecule has 1 aromatic carbocycles. The highest BCUT2D eigenvalue weighted by Crippen LogP contribution is 2.41. The highest BCUT2D eigenvalue weighted by atomic mass is 16.6. The van der Waals surface area contributed by atoms with E-state index in [2.05, 4.69) is 0 Å². The minimum Gasteiger partial charge on any atom is -0.486 e. The largest absolute Gasteiger partial charge is 0.486 e. The second-order valence-electron chi connectivity index (χ2n) is 4.57. The lowest BCUT2D eigenvalue weighted by Gasteiger charge is -2.25. The van der Waals surface area contributed by atoms with Crippen LogP contribution in [0.2, 0.25) is 0 Å². The Morgan fingerprint density at radius 2 is 2.14 bits per heavy atom. The number of nitro groups is 2. The summed E-state index contributed by atoms with van der Waals surface area (Å²) < 4.78 is 11.0. The maximum Gasteiger partial charge on any atom is 0.280 e. The van der Waals surface area contributed by atoms with Gasteiger partial charge in [-0.1, -0.05) is 6.92 Å². The molecule has 0 spiro atoms. The Morgan fingerprint density at radius 1 is 1.43 bits per heavy atom. The molecular weight excluding hydrogens is 280 g/mol. The summed E-state index contributed by atoms with van der Waals surface area (Å²) in [4.78, 5) is 20.9. The number of ether oxygens (including phenoxy) is 2. The fourth-order valence-electron chi connectivity index (χ4n) is 2.00. The number of fused-ring (bicyclic) bond motifs is 1. The molecule has 21 heavy (non-hydrogen) atoms. The molecule has 1 aromatic rings. The van der Waals surface area contributed by atoms with E-state index in [-0.39, 0.29) is 35.2 Å². The maximum absolute atomic E-state index is 11.1. The van der Waals surface area contributed by atoms with E-state index in [4.69, 9.17) is 9.47 Å². The molecule has 1 aliphatic heterocycles. The van der Waals surface area contributed by atoms with Gasteiger partial charge in [0.25, 0.3) is 5.69 Å². The highest BCUT2D eigenvalue weighted by Gasteiger charge is 2.28. The molecule has 0 N–H and O–H groups in total. The minimum atomic E-state index is -0.595. The number of nitro benzene ring substituents is 1. The van der Waals surface area contributed by atoms with Crippen molar-refractivity contribution >= 4 is 11.8 Å². The molecule has 0 saturated heterocycles. The monoisotopic (exact) mass is 294 g/mol. The van der Waals surface area contributed by atoms with Gasteiger partial charge < -0.3 is 9.47 Å². The molecule has 0 aliphatic carbocycles. The molecule has 8 heteroatoms. The summed E-state index contributed by atoms with van der Waals surface area (Å²) in [6.07, 6.45) is 1.04. The zero-order valence-electron chi connectivity index (χ0n) is 11.6. The van der Waals surface area contributed by atoms with E-state index in [9.17, 15) is 20.2 Å². The first-order valence-corrected chi connectivity index (χ1v) is 6.39. The summed E-state index contributed by atoms with van der Waals surface area (Å²) >= 11 is 0. The number of hydrogen-bond donors (Lipinski definition) is 0. The van der Waals surface area contributed by atoms with Crippen LogP contribution in [0.5, 0.6) is 11.5 Å². The van der Waals surface area contributed by atoms with Crippen LogP contribution in [0.1, 0.15) is 25.8 Å². The average molecular weight is 294 g/mol. The van der Waals surface area contributed by atoms with Crippen molar-refractivity contribution < 1.29 is 19.3 Å². The highest BCUT2D eigenvalue weighted by molar-refractivity contribution is 5.72. The van der Waals surface area contributed by atoms with Crippen molar-refractivity contribution in [3.8, 4) is 11.5 Å². The SMILES string of the molecule is CCC(=Cc1c([N+](=O)[O-])ccc2c1O[C@H](C)CO2)[N+](=O)[O-]. The Hall–Kier alpha value is -2.64. The fourth-order valence-corrected chi connectivity index (χ4v) is 2.00. The Morgan fingerprint density at radius 3 is 2.71 bits per heavy atom. The van der Waals surface area contributed by atoms with Crippen molar-refractivity contribution in [3.05, 3.63) is 43.6 Å². The zero-order valence-corrected chi connectivity index (χ0v) is 11.6. The normalized spacial score (nSPS) is 17.4. The Bertz CT molecular complexity index is 625. The van der Waals surface area contributed by atoms with Crippen molar-refractivity contribution in [1.29, 1.82) is 0 Å². The molecule has 0 bridgehead atoms. The quantitative estimate of drug-likeness (QED) is 0.624. The van der Waals surface area contributed by atoms with E-state index in [0.29, 0.717) is 12.4 Å². The van der Waals surface area contributed by atoms with E-state index in [0.717, 1.165) is 0 Å². The van der Waals surface area contributed by atoms with Gasteiger partial charge in [0.2, 0.25) is 5.70 Å². The van der Waals surface area contributed by atoms with Gasteiger partial charge in [-0.3, -0.25) is 20.2 Å². The predicted molar refractivity (Wildman–Crippen MR) is 73.9 cm³/mol. The van der Waals surface area contributed by atoms with Crippen LogP contribution in [-0.4, -0.2) is 22.6 Å². The minimum absolute atomic E-state index is 0.0672. The van der Waals surface area contributed by atoms with Crippen molar-refractivity contribution in [2.24, 2.45) is 0 Å². The third-order valence-corrected chi connectivity index (χ3v) is 3.03. The topological polar surface area (TPSA) is 105 Å². The molecule has 1 atom stereocenters. The summed E-state index contributed by atoms with van der Waals surface area (Å²) in [7, 11) is 0. The molecule has 1 aliphatic rings. The predicted octanol–water partition coefficient (Wildman–Crippen LogP) is 2.78. The lowest BCUT2D eigenvalue weighted by atomic mass is 10.1. The summed E-state index contributed by atoms with van der Waals surface area (Å²) in [5.74, 6) is 0.527. The zero-order chi connectivity index (χ0) is 15.6. The number of benzene rings is 1. The van der Waals surface area contributed by atoms with E-state index < -0.39 is 9.85 Å². The van der Waals surface area contributed by atoms with Gasteiger partial charge in [0.05, 0.1) is 9.85 Å². The van der Waals surface area contributed by atoms with Crippen LogP contribution in [0.25, 0.3) is 6.08 Å². The van der Waals surface area contributed by atoms with E-state index in [1.54, 1.807) is 13.8 Å². The van der Waals surface area contributed by atoms with Gasteiger partial charge in [-0.05, 0) is 13.0 Å². The lowest BCUT2D eigenvalue weighted by molar-refractivity contribution is -0.425. The molecule has 0 aromatic heterocycles. The first kappa shape index (κ1) is 14.8. The summed E-state index contributed by atoms with van der Waals surface area (Å²) in [5.41, 5.74) is -0.315. The third kappa shape index (κ3) is 2.93. The molecular formula is C13H14N2O6. The van der Waals surface area contributed by atoms with Gasteiger partial charge in [0.15, 0.2) is 11.5 Å². The van der Waals surface area contributed by atoms with Crippen molar-refractivity contribution in [3.63, 3.8) is 0 Å². The van der Waals surface area contributed by atoms with Crippen molar-refractivity contribution in [1.82, 2.24) is 0 Å². The summed E-state index contributed by atoms with van der Waals surface area (Å²) in [6, 6.07) is 2.70. The molecule has 8 nitrogen and oxygen atoms in total. The van der Waals surface area contributed by atoms with Gasteiger partial charge >= 0.3 is 0 Å². The first-order valence-electron chi connectivity index (χ1n) is 6.39. The molecule has 2 rings (SSSR count). The Balaban J connectivity index is 2.65. The molecule has 0 amide bonds. The van der Waals surface area contributed by atoms with Crippen molar-refractivity contribution in [2.45, 2.75) is 26.4 Å². The molecule has 0 radical (unpaired) electrons.